The smallest absolute Gasteiger partial charge is 0.252 e. The molecule has 0 aliphatic carbocycles. The van der Waals surface area contributed by atoms with Crippen LogP contribution in [-0.4, -0.2) is 46.2 Å². The third-order valence-corrected chi connectivity index (χ3v) is 5.18. The largest absolute Gasteiger partial charge is 0.336 e. The van der Waals surface area contributed by atoms with Gasteiger partial charge in [0.15, 0.2) is 17.4 Å². The first-order chi connectivity index (χ1) is 11.5. The molecular formula is C16H16F2N2O3S. The lowest BCUT2D eigenvalue weighted by Gasteiger charge is -2.38. The lowest BCUT2D eigenvalue weighted by Crippen LogP contribution is -2.57. The van der Waals surface area contributed by atoms with Crippen LogP contribution < -0.4 is 5.32 Å². The van der Waals surface area contributed by atoms with Gasteiger partial charge in [-0.25, -0.2) is 8.78 Å². The molecule has 5 nitrogen and oxygen atoms in total. The number of halogens is 2. The van der Waals surface area contributed by atoms with Crippen LogP contribution >= 0.6 is 11.8 Å². The minimum atomic E-state index is -1.10. The van der Waals surface area contributed by atoms with Crippen LogP contribution in [0.1, 0.15) is 29.6 Å². The fourth-order valence-electron chi connectivity index (χ4n) is 3.04. The minimum absolute atomic E-state index is 0.00197. The molecule has 24 heavy (non-hydrogen) atoms. The van der Waals surface area contributed by atoms with E-state index in [2.05, 4.69) is 5.32 Å². The van der Waals surface area contributed by atoms with E-state index in [0.29, 0.717) is 13.0 Å². The predicted molar refractivity (Wildman–Crippen MR) is 84.4 cm³/mol. The summed E-state index contributed by atoms with van der Waals surface area (Å²) < 4.78 is 26.3. The second kappa shape index (κ2) is 6.98. The number of hydrogen-bond acceptors (Lipinski definition) is 5. The Labute approximate surface area is 141 Å². The Hall–Kier alpha value is -1.80. The highest BCUT2D eigenvalue weighted by molar-refractivity contribution is 8.15. The summed E-state index contributed by atoms with van der Waals surface area (Å²) >= 11 is 0.994. The molecule has 0 bridgehead atoms. The molecule has 2 saturated heterocycles. The quantitative estimate of drug-likeness (QED) is 0.838. The SMILES string of the molecule is O=C(NC1CCCCN1C1C(=O)CSC1=O)c1ccc(F)c(F)c1. The number of benzene rings is 1. The summed E-state index contributed by atoms with van der Waals surface area (Å²) in [5.74, 6) is -2.68. The maximum Gasteiger partial charge on any atom is 0.252 e. The highest BCUT2D eigenvalue weighted by Crippen LogP contribution is 2.27. The number of Topliss-reactive ketones (excluding diaryl/α,β-unsaturated/α-hetero) is 1. The van der Waals surface area contributed by atoms with Gasteiger partial charge in [-0.1, -0.05) is 11.8 Å². The van der Waals surface area contributed by atoms with Crippen molar-refractivity contribution in [3.8, 4) is 0 Å². The van der Waals surface area contributed by atoms with Gasteiger partial charge in [-0.2, -0.15) is 0 Å². The number of rotatable bonds is 3. The molecule has 1 aromatic rings. The van der Waals surface area contributed by atoms with Crippen molar-refractivity contribution in [1.29, 1.82) is 0 Å². The van der Waals surface area contributed by atoms with E-state index in [1.807, 2.05) is 0 Å². The van der Waals surface area contributed by atoms with Gasteiger partial charge in [0.1, 0.15) is 6.04 Å². The minimum Gasteiger partial charge on any atom is -0.336 e. The van der Waals surface area contributed by atoms with E-state index in [1.165, 1.54) is 6.07 Å². The molecule has 2 fully saturated rings. The first-order valence-electron chi connectivity index (χ1n) is 7.68. The Kier molecular flexibility index (Phi) is 4.96. The van der Waals surface area contributed by atoms with Gasteiger partial charge in [0.05, 0.1) is 11.9 Å². The first-order valence-corrected chi connectivity index (χ1v) is 8.67. The second-order valence-electron chi connectivity index (χ2n) is 5.83. The molecule has 1 aromatic carbocycles. The summed E-state index contributed by atoms with van der Waals surface area (Å²) in [5, 5.41) is 2.53. The van der Waals surface area contributed by atoms with E-state index in [9.17, 15) is 23.2 Å². The number of carbonyl (C=O) groups is 3. The molecule has 8 heteroatoms. The van der Waals surface area contributed by atoms with Gasteiger partial charge >= 0.3 is 0 Å². The Bertz CT molecular complexity index is 682. The Balaban J connectivity index is 1.76. The maximum atomic E-state index is 13.3. The van der Waals surface area contributed by atoms with E-state index in [-0.39, 0.29) is 22.2 Å². The molecule has 2 aliphatic heterocycles. The fraction of sp³-hybridized carbons (Fsp3) is 0.438. The number of nitrogens with zero attached hydrogens (tertiary/aromatic N) is 1. The Morgan fingerprint density at radius 3 is 2.67 bits per heavy atom. The number of thioether (sulfide) groups is 1. The summed E-state index contributed by atoms with van der Waals surface area (Å²) in [4.78, 5) is 38.0. The monoisotopic (exact) mass is 354 g/mol. The summed E-state index contributed by atoms with van der Waals surface area (Å²) in [5.41, 5.74) is -0.00197. The van der Waals surface area contributed by atoms with Gasteiger partial charge < -0.3 is 5.32 Å². The van der Waals surface area contributed by atoms with Crippen LogP contribution in [0.15, 0.2) is 18.2 Å². The van der Waals surface area contributed by atoms with Crippen molar-refractivity contribution in [3.05, 3.63) is 35.4 Å². The van der Waals surface area contributed by atoms with Crippen molar-refractivity contribution < 1.29 is 23.2 Å². The number of nitrogens with one attached hydrogen (secondary N) is 1. The van der Waals surface area contributed by atoms with Gasteiger partial charge in [-0.05, 0) is 37.5 Å². The van der Waals surface area contributed by atoms with Crippen LogP contribution in [0.4, 0.5) is 8.78 Å². The summed E-state index contributed by atoms with van der Waals surface area (Å²) in [7, 11) is 0. The normalized spacial score (nSPS) is 25.1. The first kappa shape index (κ1) is 17.0. The highest BCUT2D eigenvalue weighted by atomic mass is 32.2. The topological polar surface area (TPSA) is 66.5 Å². The molecule has 1 N–H and O–H groups in total. The molecular weight excluding hydrogens is 338 g/mol. The number of carbonyl (C=O) groups excluding carboxylic acids is 3. The average molecular weight is 354 g/mol. The van der Waals surface area contributed by atoms with Crippen LogP contribution in [-0.2, 0) is 9.59 Å². The number of amides is 1. The van der Waals surface area contributed by atoms with Crippen LogP contribution in [0.25, 0.3) is 0 Å². The summed E-state index contributed by atoms with van der Waals surface area (Å²) in [6.45, 7) is 0.533. The van der Waals surface area contributed by atoms with E-state index in [1.54, 1.807) is 4.90 Å². The van der Waals surface area contributed by atoms with E-state index >= 15 is 0 Å². The van der Waals surface area contributed by atoms with Crippen LogP contribution in [0.2, 0.25) is 0 Å². The molecule has 2 unspecified atom stereocenters. The zero-order chi connectivity index (χ0) is 17.3. The number of ketones is 1. The van der Waals surface area contributed by atoms with Gasteiger partial charge in [-0.3, -0.25) is 19.3 Å². The van der Waals surface area contributed by atoms with Crippen molar-refractivity contribution >= 4 is 28.6 Å². The third-order valence-electron chi connectivity index (χ3n) is 4.24. The average Bonchev–Trinajstić information content (AvgIpc) is 2.89. The zero-order valence-corrected chi connectivity index (χ0v) is 13.6. The van der Waals surface area contributed by atoms with Gasteiger partial charge in [0.2, 0.25) is 5.12 Å². The summed E-state index contributed by atoms with van der Waals surface area (Å²) in [6.07, 6.45) is 1.80. The zero-order valence-electron chi connectivity index (χ0n) is 12.8. The highest BCUT2D eigenvalue weighted by Gasteiger charge is 2.42. The molecule has 0 saturated carbocycles. The van der Waals surface area contributed by atoms with Crippen molar-refractivity contribution in [2.45, 2.75) is 31.5 Å². The number of piperidine rings is 1. The lowest BCUT2D eigenvalue weighted by atomic mass is 10.0. The molecule has 0 aromatic heterocycles. The van der Waals surface area contributed by atoms with Crippen molar-refractivity contribution in [1.82, 2.24) is 10.2 Å². The van der Waals surface area contributed by atoms with Crippen LogP contribution in [0, 0.1) is 11.6 Å². The van der Waals surface area contributed by atoms with Crippen LogP contribution in [0.5, 0.6) is 0 Å². The molecule has 2 aliphatic rings. The Morgan fingerprint density at radius 1 is 1.21 bits per heavy atom. The molecule has 0 radical (unpaired) electrons. The lowest BCUT2D eigenvalue weighted by molar-refractivity contribution is -0.129. The molecule has 1 amide bonds. The third kappa shape index (κ3) is 3.34. The van der Waals surface area contributed by atoms with Gasteiger partial charge in [0.25, 0.3) is 5.91 Å². The molecule has 2 heterocycles. The van der Waals surface area contributed by atoms with Crippen molar-refractivity contribution in [2.75, 3.05) is 12.3 Å². The van der Waals surface area contributed by atoms with Crippen molar-refractivity contribution in [2.24, 2.45) is 0 Å². The summed E-state index contributed by atoms with van der Waals surface area (Å²) in [6, 6.07) is 2.09. The predicted octanol–water partition coefficient (Wildman–Crippen LogP) is 1.72. The fourth-order valence-corrected chi connectivity index (χ4v) is 3.91. The van der Waals surface area contributed by atoms with Crippen molar-refractivity contribution in [3.63, 3.8) is 0 Å². The molecule has 0 spiro atoms. The van der Waals surface area contributed by atoms with E-state index in [4.69, 9.17) is 0 Å². The molecule has 128 valence electrons. The molecule has 3 rings (SSSR count). The van der Waals surface area contributed by atoms with Gasteiger partial charge in [-0.15, -0.1) is 0 Å². The van der Waals surface area contributed by atoms with E-state index in [0.717, 1.165) is 36.7 Å². The van der Waals surface area contributed by atoms with E-state index < -0.39 is 29.7 Å². The number of likely N-dealkylation sites (tertiary alicyclic amines) is 1. The molecule has 2 atom stereocenters. The van der Waals surface area contributed by atoms with Crippen LogP contribution in [0.3, 0.4) is 0 Å². The maximum absolute atomic E-state index is 13.3. The Morgan fingerprint density at radius 2 is 2.00 bits per heavy atom. The number of hydrogen-bond donors (Lipinski definition) is 1. The second-order valence-corrected chi connectivity index (χ2v) is 6.81. The standard InChI is InChI=1S/C16H16F2N2O3S/c17-10-5-4-9(7-11(10)18)15(22)19-13-3-1-2-6-20(13)14-12(21)8-24-16(14)23/h4-5,7,13-14H,1-3,6,8H2,(H,19,22). The van der Waals surface area contributed by atoms with Gasteiger partial charge in [0, 0.05) is 12.1 Å².